The summed E-state index contributed by atoms with van der Waals surface area (Å²) >= 11 is 3.36. The Morgan fingerprint density at radius 1 is 1.33 bits per heavy atom. The van der Waals surface area contributed by atoms with Gasteiger partial charge in [-0.05, 0) is 42.8 Å². The Morgan fingerprint density at radius 2 is 2.11 bits per heavy atom. The second-order valence-corrected chi connectivity index (χ2v) is 4.81. The van der Waals surface area contributed by atoms with E-state index in [1.54, 1.807) is 18.2 Å². The summed E-state index contributed by atoms with van der Waals surface area (Å²) in [6, 6.07) is 8.86. The molecule has 1 aromatic heterocycles. The molecule has 0 unspecified atom stereocenters. The maximum absolute atomic E-state index is 12.0. The van der Waals surface area contributed by atoms with E-state index in [4.69, 9.17) is 5.73 Å². The van der Waals surface area contributed by atoms with E-state index in [9.17, 15) is 4.79 Å². The van der Waals surface area contributed by atoms with Crippen LogP contribution in [0.3, 0.4) is 0 Å². The molecule has 92 valence electrons. The average molecular weight is 306 g/mol. The Bertz CT molecular complexity index is 581. The normalized spacial score (nSPS) is 10.1. The van der Waals surface area contributed by atoms with Gasteiger partial charge >= 0.3 is 0 Å². The van der Waals surface area contributed by atoms with Crippen molar-refractivity contribution in [1.82, 2.24) is 4.98 Å². The van der Waals surface area contributed by atoms with Crippen molar-refractivity contribution in [3.8, 4) is 0 Å². The Hall–Kier alpha value is -1.88. The Morgan fingerprint density at radius 3 is 2.72 bits per heavy atom. The van der Waals surface area contributed by atoms with Crippen LogP contribution in [0.2, 0.25) is 0 Å². The van der Waals surface area contributed by atoms with E-state index in [1.165, 1.54) is 6.20 Å². The van der Waals surface area contributed by atoms with Gasteiger partial charge in [-0.3, -0.25) is 4.79 Å². The molecular formula is C13H12BrN3O. The van der Waals surface area contributed by atoms with Gasteiger partial charge in [0.15, 0.2) is 0 Å². The Labute approximate surface area is 113 Å². The van der Waals surface area contributed by atoms with E-state index in [2.05, 4.69) is 26.2 Å². The number of nitrogens with one attached hydrogen (secondary N) is 1. The van der Waals surface area contributed by atoms with Crippen molar-refractivity contribution >= 4 is 33.3 Å². The molecule has 0 saturated carbocycles. The second-order valence-electron chi connectivity index (χ2n) is 3.89. The van der Waals surface area contributed by atoms with Gasteiger partial charge in [-0.1, -0.05) is 15.9 Å². The van der Waals surface area contributed by atoms with Crippen LogP contribution in [0.5, 0.6) is 0 Å². The average Bonchev–Trinajstić information content (AvgIpc) is 2.32. The summed E-state index contributed by atoms with van der Waals surface area (Å²) in [4.78, 5) is 16.1. The highest BCUT2D eigenvalue weighted by atomic mass is 79.9. The molecule has 0 atom stereocenters. The van der Waals surface area contributed by atoms with Crippen LogP contribution < -0.4 is 11.1 Å². The number of carbonyl (C=O) groups is 1. The van der Waals surface area contributed by atoms with Gasteiger partial charge in [0.1, 0.15) is 5.82 Å². The zero-order chi connectivity index (χ0) is 13.1. The minimum Gasteiger partial charge on any atom is -0.397 e. The number of anilines is 2. The highest BCUT2D eigenvalue weighted by Gasteiger charge is 2.09. The number of rotatable bonds is 2. The van der Waals surface area contributed by atoms with Gasteiger partial charge in [0, 0.05) is 10.0 Å². The number of carbonyl (C=O) groups excluding carboxylic acids is 1. The van der Waals surface area contributed by atoms with Gasteiger partial charge in [0.25, 0.3) is 5.91 Å². The van der Waals surface area contributed by atoms with E-state index in [1.807, 2.05) is 19.1 Å². The maximum Gasteiger partial charge on any atom is 0.257 e. The van der Waals surface area contributed by atoms with E-state index in [0.29, 0.717) is 17.1 Å². The molecule has 0 spiro atoms. The summed E-state index contributed by atoms with van der Waals surface area (Å²) in [6.07, 6.45) is 1.50. The standard InChI is InChI=1S/C13H12BrN3O/c1-8-6-9(14)2-4-11(8)13(18)17-12-5-3-10(15)7-16-12/h2-7H,15H2,1H3,(H,16,17,18). The first-order valence-corrected chi connectivity index (χ1v) is 6.14. The van der Waals surface area contributed by atoms with Crippen LogP contribution in [0.15, 0.2) is 41.0 Å². The number of aryl methyl sites for hydroxylation is 1. The second kappa shape index (κ2) is 5.18. The molecule has 2 aromatic rings. The van der Waals surface area contributed by atoms with Crippen LogP contribution in [0.1, 0.15) is 15.9 Å². The third-order valence-corrected chi connectivity index (χ3v) is 2.95. The topological polar surface area (TPSA) is 68.0 Å². The lowest BCUT2D eigenvalue weighted by molar-refractivity contribution is 0.102. The molecule has 0 radical (unpaired) electrons. The lowest BCUT2D eigenvalue weighted by Crippen LogP contribution is -2.14. The van der Waals surface area contributed by atoms with Crippen molar-refractivity contribution in [3.63, 3.8) is 0 Å². The third-order valence-electron chi connectivity index (χ3n) is 2.46. The summed E-state index contributed by atoms with van der Waals surface area (Å²) in [5, 5.41) is 2.72. The third kappa shape index (κ3) is 2.87. The van der Waals surface area contributed by atoms with E-state index >= 15 is 0 Å². The summed E-state index contributed by atoms with van der Waals surface area (Å²) < 4.78 is 0.946. The number of hydrogen-bond donors (Lipinski definition) is 2. The smallest absolute Gasteiger partial charge is 0.257 e. The molecule has 0 aliphatic heterocycles. The Kier molecular flexibility index (Phi) is 3.62. The summed E-state index contributed by atoms with van der Waals surface area (Å²) in [5.74, 6) is 0.300. The minimum atomic E-state index is -0.183. The highest BCUT2D eigenvalue weighted by Crippen LogP contribution is 2.17. The fourth-order valence-electron chi connectivity index (χ4n) is 1.54. The van der Waals surface area contributed by atoms with E-state index in [0.717, 1.165) is 10.0 Å². The summed E-state index contributed by atoms with van der Waals surface area (Å²) in [5.41, 5.74) is 7.61. The fourth-order valence-corrected chi connectivity index (χ4v) is 2.02. The first-order valence-electron chi connectivity index (χ1n) is 5.35. The van der Waals surface area contributed by atoms with Gasteiger partial charge in [-0.15, -0.1) is 0 Å². The molecule has 3 N–H and O–H groups in total. The van der Waals surface area contributed by atoms with Crippen LogP contribution in [-0.4, -0.2) is 10.9 Å². The maximum atomic E-state index is 12.0. The molecule has 18 heavy (non-hydrogen) atoms. The monoisotopic (exact) mass is 305 g/mol. The molecular weight excluding hydrogens is 294 g/mol. The van der Waals surface area contributed by atoms with Gasteiger partial charge < -0.3 is 11.1 Å². The molecule has 4 nitrogen and oxygen atoms in total. The van der Waals surface area contributed by atoms with Crippen molar-refractivity contribution in [2.75, 3.05) is 11.1 Å². The number of nitrogens with two attached hydrogens (primary N) is 1. The van der Waals surface area contributed by atoms with Gasteiger partial charge in [-0.2, -0.15) is 0 Å². The predicted molar refractivity (Wildman–Crippen MR) is 75.5 cm³/mol. The van der Waals surface area contributed by atoms with Crippen LogP contribution in [0, 0.1) is 6.92 Å². The van der Waals surface area contributed by atoms with Crippen LogP contribution in [0.4, 0.5) is 11.5 Å². The SMILES string of the molecule is Cc1cc(Br)ccc1C(=O)Nc1ccc(N)cn1. The molecule has 0 aliphatic carbocycles. The van der Waals surface area contributed by atoms with Crippen LogP contribution >= 0.6 is 15.9 Å². The molecule has 0 saturated heterocycles. The lowest BCUT2D eigenvalue weighted by atomic mass is 10.1. The fraction of sp³-hybridized carbons (Fsp3) is 0.0769. The largest absolute Gasteiger partial charge is 0.397 e. The van der Waals surface area contributed by atoms with E-state index in [-0.39, 0.29) is 5.91 Å². The molecule has 0 bridgehead atoms. The number of amides is 1. The molecule has 1 heterocycles. The zero-order valence-corrected chi connectivity index (χ0v) is 11.4. The number of aromatic nitrogens is 1. The lowest BCUT2D eigenvalue weighted by Gasteiger charge is -2.07. The number of nitrogens with zero attached hydrogens (tertiary/aromatic N) is 1. The molecule has 1 aromatic carbocycles. The highest BCUT2D eigenvalue weighted by molar-refractivity contribution is 9.10. The van der Waals surface area contributed by atoms with Gasteiger partial charge in [0.2, 0.25) is 0 Å². The van der Waals surface area contributed by atoms with Crippen LogP contribution in [0.25, 0.3) is 0 Å². The predicted octanol–water partition coefficient (Wildman–Crippen LogP) is 2.99. The first kappa shape index (κ1) is 12.6. The quantitative estimate of drug-likeness (QED) is 0.896. The number of halogens is 1. The molecule has 5 heteroatoms. The van der Waals surface area contributed by atoms with Crippen molar-refractivity contribution in [2.45, 2.75) is 6.92 Å². The first-order chi connectivity index (χ1) is 8.56. The van der Waals surface area contributed by atoms with Crippen molar-refractivity contribution < 1.29 is 4.79 Å². The number of benzene rings is 1. The zero-order valence-electron chi connectivity index (χ0n) is 9.77. The number of hydrogen-bond acceptors (Lipinski definition) is 3. The van der Waals surface area contributed by atoms with Crippen LogP contribution in [-0.2, 0) is 0 Å². The number of pyridine rings is 1. The summed E-state index contributed by atoms with van der Waals surface area (Å²) in [6.45, 7) is 1.89. The number of nitrogen functional groups attached to an aromatic ring is 1. The molecule has 2 rings (SSSR count). The molecule has 1 amide bonds. The minimum absolute atomic E-state index is 0.183. The Balaban J connectivity index is 2.19. The van der Waals surface area contributed by atoms with Gasteiger partial charge in [0.05, 0.1) is 11.9 Å². The van der Waals surface area contributed by atoms with Crippen molar-refractivity contribution in [3.05, 3.63) is 52.1 Å². The molecule has 0 aliphatic rings. The van der Waals surface area contributed by atoms with Crippen molar-refractivity contribution in [2.24, 2.45) is 0 Å². The summed E-state index contributed by atoms with van der Waals surface area (Å²) in [7, 11) is 0. The van der Waals surface area contributed by atoms with Gasteiger partial charge in [-0.25, -0.2) is 4.98 Å². The van der Waals surface area contributed by atoms with E-state index < -0.39 is 0 Å². The molecule has 0 fully saturated rings. The van der Waals surface area contributed by atoms with Crippen molar-refractivity contribution in [1.29, 1.82) is 0 Å².